The molecule has 1 aromatic carbocycles. The molecule has 0 N–H and O–H groups in total. The molecule has 2 aromatic heterocycles. The lowest BCUT2D eigenvalue weighted by Gasteiger charge is -2.27. The van der Waals surface area contributed by atoms with Crippen molar-refractivity contribution in [2.75, 3.05) is 12.8 Å². The van der Waals surface area contributed by atoms with Gasteiger partial charge in [-0.1, -0.05) is 11.6 Å². The molecule has 3 heterocycles. The minimum absolute atomic E-state index is 0.103. The molecule has 0 radical (unpaired) electrons. The summed E-state index contributed by atoms with van der Waals surface area (Å²) in [6, 6.07) is 11.5. The average molecular weight is 404 g/mol. The Kier molecular flexibility index (Phi) is 4.75. The third-order valence-electron chi connectivity index (χ3n) is 4.49. The Labute approximate surface area is 162 Å². The fourth-order valence-corrected chi connectivity index (χ4v) is 3.77. The van der Waals surface area contributed by atoms with Gasteiger partial charge in [-0.25, -0.2) is 18.4 Å². The van der Waals surface area contributed by atoms with Crippen molar-refractivity contribution in [2.45, 2.75) is 24.7 Å². The molecule has 0 saturated heterocycles. The minimum Gasteiger partial charge on any atom is -0.460 e. The fourth-order valence-electron chi connectivity index (χ4n) is 3.12. The van der Waals surface area contributed by atoms with Crippen molar-refractivity contribution < 1.29 is 12.8 Å². The summed E-state index contributed by atoms with van der Waals surface area (Å²) < 4.78 is 29.2. The number of aromatic nitrogens is 2. The normalized spacial score (nSPS) is 14.9. The summed E-state index contributed by atoms with van der Waals surface area (Å²) in [6.07, 6.45) is 3.43. The summed E-state index contributed by atoms with van der Waals surface area (Å²) >= 11 is 5.93. The molecule has 140 valence electrons. The number of nitrogens with zero attached hydrogens (tertiary/aromatic N) is 3. The van der Waals surface area contributed by atoms with E-state index in [0.29, 0.717) is 24.5 Å². The largest absolute Gasteiger partial charge is 0.460 e. The third-order valence-corrected chi connectivity index (χ3v) is 5.60. The van der Waals surface area contributed by atoms with Gasteiger partial charge in [0.15, 0.2) is 0 Å². The minimum atomic E-state index is -3.38. The van der Waals surface area contributed by atoms with Crippen molar-refractivity contribution >= 4 is 21.4 Å². The fraction of sp³-hybridized carbons (Fsp3) is 0.263. The van der Waals surface area contributed by atoms with E-state index in [2.05, 4.69) is 14.9 Å². The van der Waals surface area contributed by atoms with Gasteiger partial charge in [0, 0.05) is 48.1 Å². The van der Waals surface area contributed by atoms with Gasteiger partial charge in [0.2, 0.25) is 15.0 Å². The highest BCUT2D eigenvalue weighted by Crippen LogP contribution is 2.26. The van der Waals surface area contributed by atoms with E-state index < -0.39 is 9.84 Å². The van der Waals surface area contributed by atoms with Gasteiger partial charge in [-0.15, -0.1) is 0 Å². The summed E-state index contributed by atoms with van der Waals surface area (Å²) in [5, 5.41) is 0.590. The van der Waals surface area contributed by atoms with Gasteiger partial charge in [-0.2, -0.15) is 0 Å². The Bertz CT molecular complexity index is 1080. The molecule has 0 fully saturated rings. The van der Waals surface area contributed by atoms with E-state index >= 15 is 0 Å². The molecule has 0 bridgehead atoms. The SMILES string of the molecule is CS(=O)(=O)c1ncc2c(n1)CCN(Cc1ccc(-c3ccc(Cl)cc3)o1)C2. The van der Waals surface area contributed by atoms with E-state index in [1.54, 1.807) is 6.20 Å². The molecule has 4 rings (SSSR count). The second-order valence-corrected chi connectivity index (χ2v) is 8.98. The maximum Gasteiger partial charge on any atom is 0.246 e. The number of rotatable bonds is 4. The quantitative estimate of drug-likeness (QED) is 0.622. The average Bonchev–Trinajstić information content (AvgIpc) is 3.09. The second kappa shape index (κ2) is 7.07. The molecule has 1 aliphatic heterocycles. The first-order chi connectivity index (χ1) is 12.9. The van der Waals surface area contributed by atoms with Crippen LogP contribution in [0.2, 0.25) is 5.02 Å². The van der Waals surface area contributed by atoms with Gasteiger partial charge < -0.3 is 4.42 Å². The molecule has 8 heteroatoms. The lowest BCUT2D eigenvalue weighted by Crippen LogP contribution is -2.31. The molecule has 0 atom stereocenters. The van der Waals surface area contributed by atoms with E-state index in [9.17, 15) is 8.42 Å². The van der Waals surface area contributed by atoms with Crippen molar-refractivity contribution in [3.8, 4) is 11.3 Å². The van der Waals surface area contributed by atoms with Crippen LogP contribution in [0.4, 0.5) is 0 Å². The lowest BCUT2D eigenvalue weighted by atomic mass is 10.1. The van der Waals surface area contributed by atoms with Crippen molar-refractivity contribution in [3.05, 3.63) is 64.6 Å². The zero-order chi connectivity index (χ0) is 19.0. The molecule has 27 heavy (non-hydrogen) atoms. The summed E-state index contributed by atoms with van der Waals surface area (Å²) in [4.78, 5) is 10.4. The Hall–Kier alpha value is -2.22. The predicted octanol–water partition coefficient (Wildman–Crippen LogP) is 3.35. The standard InChI is InChI=1S/C19H18ClN3O3S/c1-27(24,25)19-21-10-14-11-23(9-8-17(14)22-19)12-16-6-7-18(26-16)13-2-4-15(20)5-3-13/h2-7,10H,8-9,11-12H2,1H3. The predicted molar refractivity (Wildman–Crippen MR) is 102 cm³/mol. The van der Waals surface area contributed by atoms with Crippen molar-refractivity contribution in [2.24, 2.45) is 0 Å². The first kappa shape index (κ1) is 18.2. The van der Waals surface area contributed by atoms with Crippen LogP contribution in [0.5, 0.6) is 0 Å². The van der Waals surface area contributed by atoms with Crippen LogP contribution >= 0.6 is 11.6 Å². The molecular formula is C19H18ClN3O3S. The number of hydrogen-bond acceptors (Lipinski definition) is 6. The number of sulfone groups is 1. The van der Waals surface area contributed by atoms with Crippen LogP contribution in [0.25, 0.3) is 11.3 Å². The zero-order valence-electron chi connectivity index (χ0n) is 14.7. The van der Waals surface area contributed by atoms with Crippen LogP contribution in [-0.4, -0.2) is 36.1 Å². The van der Waals surface area contributed by atoms with Crippen LogP contribution < -0.4 is 0 Å². The topological polar surface area (TPSA) is 76.3 Å². The van der Waals surface area contributed by atoms with Crippen LogP contribution in [0, 0.1) is 0 Å². The maximum atomic E-state index is 11.6. The van der Waals surface area contributed by atoms with E-state index in [0.717, 1.165) is 41.1 Å². The number of halogens is 1. The van der Waals surface area contributed by atoms with E-state index in [4.69, 9.17) is 16.0 Å². The lowest BCUT2D eigenvalue weighted by molar-refractivity contribution is 0.223. The highest BCUT2D eigenvalue weighted by molar-refractivity contribution is 7.90. The molecule has 3 aromatic rings. The van der Waals surface area contributed by atoms with E-state index in [-0.39, 0.29) is 5.16 Å². The Morgan fingerprint density at radius 2 is 1.96 bits per heavy atom. The molecule has 0 saturated carbocycles. The van der Waals surface area contributed by atoms with E-state index in [1.807, 2.05) is 36.4 Å². The number of benzene rings is 1. The number of furan rings is 1. The molecule has 0 unspecified atom stereocenters. The monoisotopic (exact) mass is 403 g/mol. The van der Waals surface area contributed by atoms with Crippen LogP contribution in [0.15, 0.2) is 52.2 Å². The summed E-state index contributed by atoms with van der Waals surface area (Å²) in [7, 11) is -3.38. The Morgan fingerprint density at radius 1 is 1.19 bits per heavy atom. The second-order valence-electron chi connectivity index (χ2n) is 6.63. The highest BCUT2D eigenvalue weighted by Gasteiger charge is 2.21. The van der Waals surface area contributed by atoms with Crippen LogP contribution in [-0.2, 0) is 29.3 Å². The zero-order valence-corrected chi connectivity index (χ0v) is 16.3. The summed E-state index contributed by atoms with van der Waals surface area (Å²) in [5.74, 6) is 1.68. The van der Waals surface area contributed by atoms with Gasteiger partial charge in [0.05, 0.1) is 12.2 Å². The number of hydrogen-bond donors (Lipinski definition) is 0. The molecule has 0 amide bonds. The van der Waals surface area contributed by atoms with Crippen molar-refractivity contribution in [3.63, 3.8) is 0 Å². The Balaban J connectivity index is 1.47. The first-order valence-corrected chi connectivity index (χ1v) is 10.8. The Morgan fingerprint density at radius 3 is 2.70 bits per heavy atom. The molecular weight excluding hydrogens is 386 g/mol. The van der Waals surface area contributed by atoms with Gasteiger partial charge in [0.25, 0.3) is 0 Å². The van der Waals surface area contributed by atoms with Crippen LogP contribution in [0.3, 0.4) is 0 Å². The van der Waals surface area contributed by atoms with Gasteiger partial charge in [-0.3, -0.25) is 4.90 Å². The smallest absolute Gasteiger partial charge is 0.246 e. The molecule has 1 aliphatic rings. The van der Waals surface area contributed by atoms with E-state index in [1.165, 1.54) is 0 Å². The maximum absolute atomic E-state index is 11.6. The van der Waals surface area contributed by atoms with Gasteiger partial charge in [0.1, 0.15) is 11.5 Å². The molecule has 0 aliphatic carbocycles. The molecule has 6 nitrogen and oxygen atoms in total. The van der Waals surface area contributed by atoms with Gasteiger partial charge >= 0.3 is 0 Å². The summed E-state index contributed by atoms with van der Waals surface area (Å²) in [6.45, 7) is 2.11. The first-order valence-electron chi connectivity index (χ1n) is 8.50. The summed E-state index contributed by atoms with van der Waals surface area (Å²) in [5.41, 5.74) is 2.75. The van der Waals surface area contributed by atoms with Gasteiger partial charge in [-0.05, 0) is 36.4 Å². The molecule has 0 spiro atoms. The van der Waals surface area contributed by atoms with Crippen LogP contribution in [0.1, 0.15) is 17.0 Å². The highest BCUT2D eigenvalue weighted by atomic mass is 35.5. The van der Waals surface area contributed by atoms with Crippen molar-refractivity contribution in [1.29, 1.82) is 0 Å². The third kappa shape index (κ3) is 4.05. The number of fused-ring (bicyclic) bond motifs is 1. The van der Waals surface area contributed by atoms with Crippen molar-refractivity contribution in [1.82, 2.24) is 14.9 Å².